The zero-order valence-electron chi connectivity index (χ0n) is 12.9. The standard InChI is InChI=1S/C17H21N3O3/c18-6-12-1-3-15(4-2-12)16(21)11-19-7-13-5-14(8-19)10-20(9-13)17(22)23/h1-4,13-14,16,21H,5,7-11H2,(H,22,23). The maximum Gasteiger partial charge on any atom is 0.407 e. The fraction of sp³-hybridized carbons (Fsp3) is 0.529. The van der Waals surface area contributed by atoms with Gasteiger partial charge in [0.25, 0.3) is 0 Å². The molecule has 3 atom stereocenters. The second kappa shape index (κ2) is 6.57. The number of amides is 1. The first-order valence-corrected chi connectivity index (χ1v) is 7.93. The van der Waals surface area contributed by atoms with Crippen LogP contribution in [-0.4, -0.2) is 58.8 Å². The molecule has 2 N–H and O–H groups in total. The van der Waals surface area contributed by atoms with Crippen molar-refractivity contribution in [3.63, 3.8) is 0 Å². The number of piperidine rings is 2. The Morgan fingerprint density at radius 3 is 2.35 bits per heavy atom. The molecular formula is C17H21N3O3. The van der Waals surface area contributed by atoms with Crippen LogP contribution >= 0.6 is 0 Å². The SMILES string of the molecule is N#Cc1ccc(C(O)CN2CC3CC(C2)CN(C(=O)O)C3)cc1. The highest BCUT2D eigenvalue weighted by molar-refractivity contribution is 5.65. The second-order valence-corrected chi connectivity index (χ2v) is 6.62. The van der Waals surface area contributed by atoms with Crippen molar-refractivity contribution < 1.29 is 15.0 Å². The third-order valence-electron chi connectivity index (χ3n) is 4.78. The molecule has 0 radical (unpaired) electrons. The van der Waals surface area contributed by atoms with E-state index in [1.165, 1.54) is 4.90 Å². The van der Waals surface area contributed by atoms with Crippen molar-refractivity contribution in [3.05, 3.63) is 35.4 Å². The highest BCUT2D eigenvalue weighted by atomic mass is 16.4. The normalized spacial score (nSPS) is 25.7. The summed E-state index contributed by atoms with van der Waals surface area (Å²) in [5.74, 6) is 0.707. The minimum atomic E-state index is -0.828. The van der Waals surface area contributed by atoms with Crippen molar-refractivity contribution in [1.29, 1.82) is 5.26 Å². The summed E-state index contributed by atoms with van der Waals surface area (Å²) in [6, 6.07) is 9.09. The van der Waals surface area contributed by atoms with Crippen LogP contribution in [0.1, 0.15) is 23.7 Å². The zero-order valence-corrected chi connectivity index (χ0v) is 12.9. The maximum atomic E-state index is 11.1. The van der Waals surface area contributed by atoms with E-state index >= 15 is 0 Å². The molecule has 3 unspecified atom stereocenters. The Kier molecular flexibility index (Phi) is 4.51. The molecule has 2 saturated heterocycles. The number of rotatable bonds is 3. The number of nitriles is 1. The fourth-order valence-electron chi connectivity index (χ4n) is 3.82. The quantitative estimate of drug-likeness (QED) is 0.883. The number of hydrogen-bond donors (Lipinski definition) is 2. The summed E-state index contributed by atoms with van der Waals surface area (Å²) in [6.07, 6.45) is -0.337. The highest BCUT2D eigenvalue weighted by Gasteiger charge is 2.36. The third kappa shape index (κ3) is 3.63. The molecule has 0 aromatic heterocycles. The van der Waals surface area contributed by atoms with Gasteiger partial charge in [0.05, 0.1) is 17.7 Å². The highest BCUT2D eigenvalue weighted by Crippen LogP contribution is 2.29. The van der Waals surface area contributed by atoms with Crippen molar-refractivity contribution >= 4 is 6.09 Å². The summed E-state index contributed by atoms with van der Waals surface area (Å²) < 4.78 is 0. The lowest BCUT2D eigenvalue weighted by molar-refractivity contribution is 0.0124. The van der Waals surface area contributed by atoms with Crippen molar-refractivity contribution in [3.8, 4) is 6.07 Å². The fourth-order valence-corrected chi connectivity index (χ4v) is 3.82. The van der Waals surface area contributed by atoms with Crippen molar-refractivity contribution in [2.75, 3.05) is 32.7 Å². The maximum absolute atomic E-state index is 11.1. The average molecular weight is 315 g/mol. The van der Waals surface area contributed by atoms with Crippen LogP contribution in [-0.2, 0) is 0 Å². The van der Waals surface area contributed by atoms with E-state index in [0.29, 0.717) is 37.0 Å². The molecule has 2 heterocycles. The summed E-state index contributed by atoms with van der Waals surface area (Å²) in [5.41, 5.74) is 1.40. The number of likely N-dealkylation sites (tertiary alicyclic amines) is 2. The van der Waals surface area contributed by atoms with Crippen molar-refractivity contribution in [1.82, 2.24) is 9.80 Å². The van der Waals surface area contributed by atoms with Gasteiger partial charge in [0.1, 0.15) is 0 Å². The van der Waals surface area contributed by atoms with E-state index in [1.807, 2.05) is 0 Å². The minimum Gasteiger partial charge on any atom is -0.465 e. The Morgan fingerprint density at radius 2 is 1.83 bits per heavy atom. The first kappa shape index (κ1) is 15.8. The predicted octanol–water partition coefficient (Wildman–Crippen LogP) is 1.52. The van der Waals surface area contributed by atoms with E-state index < -0.39 is 12.2 Å². The number of benzene rings is 1. The summed E-state index contributed by atoms with van der Waals surface area (Å²) >= 11 is 0. The van der Waals surface area contributed by atoms with Gasteiger partial charge in [-0.15, -0.1) is 0 Å². The van der Waals surface area contributed by atoms with E-state index in [1.54, 1.807) is 24.3 Å². The lowest BCUT2D eigenvalue weighted by Crippen LogP contribution is -2.54. The van der Waals surface area contributed by atoms with Gasteiger partial charge in [-0.05, 0) is 36.0 Å². The average Bonchev–Trinajstić information content (AvgIpc) is 2.54. The topological polar surface area (TPSA) is 87.8 Å². The smallest absolute Gasteiger partial charge is 0.407 e. The summed E-state index contributed by atoms with van der Waals surface area (Å²) in [5, 5.41) is 28.4. The van der Waals surface area contributed by atoms with Gasteiger partial charge in [-0.3, -0.25) is 4.90 Å². The van der Waals surface area contributed by atoms with Gasteiger partial charge >= 0.3 is 6.09 Å². The molecule has 23 heavy (non-hydrogen) atoms. The molecule has 0 saturated carbocycles. The number of nitrogens with zero attached hydrogens (tertiary/aromatic N) is 3. The molecular weight excluding hydrogens is 294 g/mol. The minimum absolute atomic E-state index is 0.353. The molecule has 2 aliphatic rings. The number of carbonyl (C=O) groups is 1. The van der Waals surface area contributed by atoms with Crippen LogP contribution in [0.15, 0.2) is 24.3 Å². The second-order valence-electron chi connectivity index (χ2n) is 6.62. The predicted molar refractivity (Wildman–Crippen MR) is 83.8 cm³/mol. The van der Waals surface area contributed by atoms with E-state index in [9.17, 15) is 9.90 Å². The van der Waals surface area contributed by atoms with Crippen LogP contribution < -0.4 is 0 Å². The summed E-state index contributed by atoms with van der Waals surface area (Å²) in [6.45, 7) is 3.39. The lowest BCUT2D eigenvalue weighted by atomic mass is 9.84. The summed E-state index contributed by atoms with van der Waals surface area (Å²) in [4.78, 5) is 14.9. The number of hydrogen-bond acceptors (Lipinski definition) is 4. The molecule has 1 aromatic carbocycles. The van der Waals surface area contributed by atoms with E-state index in [2.05, 4.69) is 11.0 Å². The Bertz CT molecular complexity index is 597. The first-order chi connectivity index (χ1) is 11.0. The van der Waals surface area contributed by atoms with Crippen molar-refractivity contribution in [2.24, 2.45) is 11.8 Å². The van der Waals surface area contributed by atoms with E-state index in [-0.39, 0.29) is 0 Å². The molecule has 1 aromatic rings. The largest absolute Gasteiger partial charge is 0.465 e. The van der Waals surface area contributed by atoms with Gasteiger partial charge in [0.15, 0.2) is 0 Å². The molecule has 0 aliphatic carbocycles. The molecule has 0 spiro atoms. The Hall–Kier alpha value is -2.10. The van der Waals surface area contributed by atoms with Crippen LogP contribution in [0.3, 0.4) is 0 Å². The van der Waals surface area contributed by atoms with Gasteiger partial charge in [-0.2, -0.15) is 5.26 Å². The van der Waals surface area contributed by atoms with Gasteiger partial charge in [0.2, 0.25) is 0 Å². The molecule has 6 nitrogen and oxygen atoms in total. The number of aliphatic hydroxyl groups is 1. The molecule has 6 heteroatoms. The van der Waals surface area contributed by atoms with Crippen LogP contribution in [0.2, 0.25) is 0 Å². The zero-order chi connectivity index (χ0) is 16.4. The van der Waals surface area contributed by atoms with Crippen LogP contribution in [0, 0.1) is 23.2 Å². The third-order valence-corrected chi connectivity index (χ3v) is 4.78. The number of fused-ring (bicyclic) bond motifs is 2. The molecule has 3 rings (SSSR count). The summed E-state index contributed by atoms with van der Waals surface area (Å²) in [7, 11) is 0. The monoisotopic (exact) mass is 315 g/mol. The Labute approximate surface area is 135 Å². The van der Waals surface area contributed by atoms with E-state index in [4.69, 9.17) is 10.4 Å². The number of carboxylic acid groups (broad SMARTS) is 1. The van der Waals surface area contributed by atoms with Crippen molar-refractivity contribution in [2.45, 2.75) is 12.5 Å². The van der Waals surface area contributed by atoms with Crippen LogP contribution in [0.25, 0.3) is 0 Å². The Morgan fingerprint density at radius 1 is 1.22 bits per heavy atom. The molecule has 1 amide bonds. The van der Waals surface area contributed by atoms with Gasteiger partial charge < -0.3 is 15.1 Å². The number of aliphatic hydroxyl groups excluding tert-OH is 1. The van der Waals surface area contributed by atoms with E-state index in [0.717, 1.165) is 25.1 Å². The molecule has 2 fully saturated rings. The molecule has 2 bridgehead atoms. The van der Waals surface area contributed by atoms with Gasteiger partial charge in [-0.1, -0.05) is 12.1 Å². The van der Waals surface area contributed by atoms with Gasteiger partial charge in [-0.25, -0.2) is 4.79 Å². The number of β-amino-alcohol motifs (C(OH)–C–C–N with tert-alkyl or cyclic N) is 1. The van der Waals surface area contributed by atoms with Crippen LogP contribution in [0.4, 0.5) is 4.79 Å². The van der Waals surface area contributed by atoms with Crippen LogP contribution in [0.5, 0.6) is 0 Å². The first-order valence-electron chi connectivity index (χ1n) is 7.93. The lowest BCUT2D eigenvalue weighted by Gasteiger charge is -2.45. The Balaban J connectivity index is 1.59. The molecule has 2 aliphatic heterocycles. The molecule has 122 valence electrons. The van der Waals surface area contributed by atoms with Gasteiger partial charge in [0, 0.05) is 32.7 Å².